The van der Waals surface area contributed by atoms with Gasteiger partial charge in [0.2, 0.25) is 0 Å². The van der Waals surface area contributed by atoms with E-state index in [0.717, 1.165) is 24.1 Å². The largest absolute Gasteiger partial charge is 0.380 e. The number of rotatable bonds is 8. The number of benzene rings is 1. The highest BCUT2D eigenvalue weighted by molar-refractivity contribution is 5.95. The minimum atomic E-state index is 0.0615. The lowest BCUT2D eigenvalue weighted by atomic mass is 10.0. The molecule has 0 bridgehead atoms. The molecule has 1 amide bonds. The van der Waals surface area contributed by atoms with E-state index in [1.807, 2.05) is 45.3 Å². The van der Waals surface area contributed by atoms with E-state index in [-0.39, 0.29) is 5.91 Å². The first-order chi connectivity index (χ1) is 9.20. The van der Waals surface area contributed by atoms with Crippen LogP contribution in [0.5, 0.6) is 0 Å². The number of hydrogen-bond acceptors (Lipinski definition) is 3. The van der Waals surface area contributed by atoms with Crippen molar-refractivity contribution in [1.82, 2.24) is 10.2 Å². The first kappa shape index (κ1) is 15.7. The van der Waals surface area contributed by atoms with E-state index in [1.165, 1.54) is 0 Å². The summed E-state index contributed by atoms with van der Waals surface area (Å²) in [6.07, 6.45) is 0.859. The molecule has 0 saturated heterocycles. The van der Waals surface area contributed by atoms with Crippen LogP contribution in [0.25, 0.3) is 0 Å². The van der Waals surface area contributed by atoms with Crippen LogP contribution in [0.2, 0.25) is 0 Å². The maximum absolute atomic E-state index is 12.4. The molecule has 0 atom stereocenters. The Balaban J connectivity index is 2.69. The van der Waals surface area contributed by atoms with Gasteiger partial charge in [-0.25, -0.2) is 0 Å². The summed E-state index contributed by atoms with van der Waals surface area (Å²) in [7, 11) is 3.73. The van der Waals surface area contributed by atoms with E-state index in [9.17, 15) is 4.79 Å². The highest BCUT2D eigenvalue weighted by Crippen LogP contribution is 2.11. The van der Waals surface area contributed by atoms with Crippen molar-refractivity contribution in [2.24, 2.45) is 0 Å². The summed E-state index contributed by atoms with van der Waals surface area (Å²) in [4.78, 5) is 14.1. The van der Waals surface area contributed by atoms with Gasteiger partial charge in [0.1, 0.15) is 0 Å². The lowest BCUT2D eigenvalue weighted by Crippen LogP contribution is -2.31. The van der Waals surface area contributed by atoms with E-state index in [1.54, 1.807) is 4.90 Å². The molecule has 0 aliphatic heterocycles. The Morgan fingerprint density at radius 3 is 2.79 bits per heavy atom. The van der Waals surface area contributed by atoms with Crippen LogP contribution in [0.3, 0.4) is 0 Å². The van der Waals surface area contributed by atoms with Crippen LogP contribution in [-0.2, 0) is 11.2 Å². The third-order valence-electron chi connectivity index (χ3n) is 3.01. The number of amides is 1. The summed E-state index contributed by atoms with van der Waals surface area (Å²) in [5, 5.41) is 3.11. The Morgan fingerprint density at radius 2 is 2.11 bits per heavy atom. The summed E-state index contributed by atoms with van der Waals surface area (Å²) >= 11 is 0. The third-order valence-corrected chi connectivity index (χ3v) is 3.01. The summed E-state index contributed by atoms with van der Waals surface area (Å²) in [6.45, 7) is 4.70. The molecule has 19 heavy (non-hydrogen) atoms. The van der Waals surface area contributed by atoms with Crippen molar-refractivity contribution in [3.05, 3.63) is 35.4 Å². The predicted octanol–water partition coefficient (Wildman–Crippen LogP) is 1.56. The monoisotopic (exact) mass is 264 g/mol. The molecule has 1 aromatic rings. The van der Waals surface area contributed by atoms with Crippen molar-refractivity contribution in [1.29, 1.82) is 0 Å². The topological polar surface area (TPSA) is 41.6 Å². The van der Waals surface area contributed by atoms with Gasteiger partial charge in [-0.15, -0.1) is 0 Å². The van der Waals surface area contributed by atoms with Crippen LogP contribution in [0.4, 0.5) is 0 Å². The quantitative estimate of drug-likeness (QED) is 0.724. The zero-order valence-electron chi connectivity index (χ0n) is 12.1. The fraction of sp³-hybridized carbons (Fsp3) is 0.533. The molecule has 0 radical (unpaired) electrons. The molecule has 0 aliphatic rings. The van der Waals surface area contributed by atoms with E-state index in [2.05, 4.69) is 5.32 Å². The molecule has 1 N–H and O–H groups in total. The van der Waals surface area contributed by atoms with Crippen molar-refractivity contribution < 1.29 is 9.53 Å². The zero-order chi connectivity index (χ0) is 14.1. The van der Waals surface area contributed by atoms with Gasteiger partial charge in [-0.2, -0.15) is 0 Å². The maximum Gasteiger partial charge on any atom is 0.253 e. The molecular weight excluding hydrogens is 240 g/mol. The lowest BCUT2D eigenvalue weighted by Gasteiger charge is -2.19. The number of nitrogens with zero attached hydrogens (tertiary/aromatic N) is 1. The van der Waals surface area contributed by atoms with Gasteiger partial charge in [0.15, 0.2) is 0 Å². The van der Waals surface area contributed by atoms with E-state index in [0.29, 0.717) is 19.8 Å². The van der Waals surface area contributed by atoms with Crippen molar-refractivity contribution in [2.75, 3.05) is 40.4 Å². The second-order valence-corrected chi connectivity index (χ2v) is 4.43. The molecule has 0 unspecified atom stereocenters. The van der Waals surface area contributed by atoms with E-state index < -0.39 is 0 Å². The average molecular weight is 264 g/mol. The molecule has 0 heterocycles. The highest BCUT2D eigenvalue weighted by atomic mass is 16.5. The van der Waals surface area contributed by atoms with E-state index >= 15 is 0 Å². The van der Waals surface area contributed by atoms with Crippen LogP contribution in [0.15, 0.2) is 24.3 Å². The molecule has 1 aromatic carbocycles. The maximum atomic E-state index is 12.4. The summed E-state index contributed by atoms with van der Waals surface area (Å²) in [5.74, 6) is 0.0615. The summed E-state index contributed by atoms with van der Waals surface area (Å²) < 4.78 is 5.28. The number of carbonyl (C=O) groups is 1. The fourth-order valence-electron chi connectivity index (χ4n) is 1.86. The van der Waals surface area contributed by atoms with Crippen molar-refractivity contribution >= 4 is 5.91 Å². The third kappa shape index (κ3) is 5.01. The molecular formula is C15H24N2O2. The van der Waals surface area contributed by atoms with Crippen LogP contribution >= 0.6 is 0 Å². The van der Waals surface area contributed by atoms with Gasteiger partial charge in [0, 0.05) is 25.8 Å². The Labute approximate surface area is 115 Å². The molecule has 0 saturated carbocycles. The first-order valence-corrected chi connectivity index (χ1v) is 6.76. The van der Waals surface area contributed by atoms with Crippen LogP contribution < -0.4 is 5.32 Å². The van der Waals surface area contributed by atoms with E-state index in [4.69, 9.17) is 4.74 Å². The van der Waals surface area contributed by atoms with Crippen molar-refractivity contribution in [3.8, 4) is 0 Å². The van der Waals surface area contributed by atoms with Crippen LogP contribution in [-0.4, -0.2) is 51.2 Å². The normalized spacial score (nSPS) is 10.5. The number of hydrogen-bond donors (Lipinski definition) is 1. The van der Waals surface area contributed by atoms with Gasteiger partial charge in [-0.05, 0) is 38.6 Å². The lowest BCUT2D eigenvalue weighted by molar-refractivity contribution is 0.0709. The van der Waals surface area contributed by atoms with Gasteiger partial charge >= 0.3 is 0 Å². The fourth-order valence-corrected chi connectivity index (χ4v) is 1.86. The first-order valence-electron chi connectivity index (χ1n) is 6.76. The zero-order valence-corrected chi connectivity index (χ0v) is 12.1. The molecule has 0 spiro atoms. The number of carbonyl (C=O) groups excluding carboxylic acids is 1. The molecule has 106 valence electrons. The standard InChI is InChI=1S/C15H24N2O2/c1-4-19-12-11-17(3)15(18)14-8-6-5-7-13(14)9-10-16-2/h5-8,16H,4,9-12H2,1-3H3. The second kappa shape index (κ2) is 8.67. The van der Waals surface area contributed by atoms with Crippen LogP contribution in [0.1, 0.15) is 22.8 Å². The Bertz CT molecular complexity index is 393. The van der Waals surface area contributed by atoms with Gasteiger partial charge in [0.05, 0.1) is 6.61 Å². The van der Waals surface area contributed by atoms with Gasteiger partial charge in [0.25, 0.3) is 5.91 Å². The minimum absolute atomic E-state index is 0.0615. The van der Waals surface area contributed by atoms with Gasteiger partial charge < -0.3 is 15.0 Å². The molecule has 0 aromatic heterocycles. The molecule has 4 nitrogen and oxygen atoms in total. The molecule has 1 rings (SSSR count). The molecule has 0 aliphatic carbocycles. The highest BCUT2D eigenvalue weighted by Gasteiger charge is 2.14. The van der Waals surface area contributed by atoms with Gasteiger partial charge in [-0.3, -0.25) is 4.79 Å². The average Bonchev–Trinajstić information content (AvgIpc) is 2.44. The predicted molar refractivity (Wildman–Crippen MR) is 77.5 cm³/mol. The van der Waals surface area contributed by atoms with Gasteiger partial charge in [-0.1, -0.05) is 18.2 Å². The van der Waals surface area contributed by atoms with Crippen molar-refractivity contribution in [3.63, 3.8) is 0 Å². The van der Waals surface area contributed by atoms with Crippen molar-refractivity contribution in [2.45, 2.75) is 13.3 Å². The smallest absolute Gasteiger partial charge is 0.253 e. The number of nitrogens with one attached hydrogen (secondary N) is 1. The molecule has 0 fully saturated rings. The number of ether oxygens (including phenoxy) is 1. The summed E-state index contributed by atoms with van der Waals surface area (Å²) in [6, 6.07) is 7.79. The Hall–Kier alpha value is -1.39. The SMILES string of the molecule is CCOCCN(C)C(=O)c1ccccc1CCNC. The Morgan fingerprint density at radius 1 is 1.37 bits per heavy atom. The Kier molecular flexibility index (Phi) is 7.15. The number of likely N-dealkylation sites (N-methyl/N-ethyl adjacent to an activating group) is 2. The minimum Gasteiger partial charge on any atom is -0.380 e. The molecule has 4 heteroatoms. The second-order valence-electron chi connectivity index (χ2n) is 4.43. The van der Waals surface area contributed by atoms with Crippen LogP contribution in [0, 0.1) is 0 Å². The summed E-state index contributed by atoms with van der Waals surface area (Å²) in [5.41, 5.74) is 1.88.